The Balaban J connectivity index is 1.76. The lowest BCUT2D eigenvalue weighted by Crippen LogP contribution is -2.49. The third kappa shape index (κ3) is 3.03. The molecule has 1 saturated heterocycles. The summed E-state index contributed by atoms with van der Waals surface area (Å²) in [5, 5.41) is 11.1. The number of hydrogen-bond acceptors (Lipinski definition) is 6. The van der Waals surface area contributed by atoms with Gasteiger partial charge in [-0.15, -0.1) is 5.10 Å². The average Bonchev–Trinajstić information content (AvgIpc) is 3.05. The van der Waals surface area contributed by atoms with E-state index in [-0.39, 0.29) is 10.9 Å². The lowest BCUT2D eigenvalue weighted by molar-refractivity contribution is -0.178. The van der Waals surface area contributed by atoms with E-state index >= 15 is 0 Å². The summed E-state index contributed by atoms with van der Waals surface area (Å²) in [6, 6.07) is 0.380. The molecule has 2 heterocycles. The Kier molecular flexibility index (Phi) is 4.39. The first kappa shape index (κ1) is 15.1. The van der Waals surface area contributed by atoms with Gasteiger partial charge in [-0.2, -0.15) is 0 Å². The molecule has 2 atom stereocenters. The van der Waals surface area contributed by atoms with E-state index in [9.17, 15) is 4.79 Å². The van der Waals surface area contributed by atoms with Gasteiger partial charge in [0, 0.05) is 31.2 Å². The Morgan fingerprint density at radius 2 is 2.29 bits per heavy atom. The zero-order valence-corrected chi connectivity index (χ0v) is 13.2. The van der Waals surface area contributed by atoms with Crippen LogP contribution in [0.25, 0.3) is 0 Å². The molecule has 0 radical (unpaired) electrons. The summed E-state index contributed by atoms with van der Waals surface area (Å²) in [6.45, 7) is 4.38. The van der Waals surface area contributed by atoms with E-state index in [2.05, 4.69) is 22.4 Å². The second kappa shape index (κ2) is 6.12. The summed E-state index contributed by atoms with van der Waals surface area (Å²) in [7, 11) is 1.73. The van der Waals surface area contributed by atoms with Crippen LogP contribution in [-0.4, -0.2) is 51.6 Å². The smallest absolute Gasteiger partial charge is 0.343 e. The minimum atomic E-state index is -0.432. The van der Waals surface area contributed by atoms with E-state index in [1.807, 2.05) is 0 Å². The van der Waals surface area contributed by atoms with Crippen molar-refractivity contribution in [2.24, 2.45) is 7.05 Å². The standard InChI is InChI=1S/C13H22N4O3S/c1-3-14-9-4-5-13(19-6-7-20-13)8-10(9)21-12-16-15-11(18)17(12)2/h9-10,14H,3-8H2,1-2H3,(H,15,18). The predicted octanol–water partition coefficient (Wildman–Crippen LogP) is 0.474. The number of rotatable bonds is 4. The molecule has 7 nitrogen and oxygen atoms in total. The monoisotopic (exact) mass is 314 g/mol. The van der Waals surface area contributed by atoms with Gasteiger partial charge in [0.05, 0.1) is 13.2 Å². The maximum Gasteiger partial charge on any atom is 0.343 e. The van der Waals surface area contributed by atoms with Crippen molar-refractivity contribution in [1.82, 2.24) is 20.1 Å². The molecule has 8 heteroatoms. The van der Waals surface area contributed by atoms with Gasteiger partial charge in [0.15, 0.2) is 10.9 Å². The second-order valence-electron chi connectivity index (χ2n) is 5.54. The van der Waals surface area contributed by atoms with Crippen LogP contribution in [0.1, 0.15) is 26.2 Å². The minimum absolute atomic E-state index is 0.184. The van der Waals surface area contributed by atoms with Crippen LogP contribution >= 0.6 is 11.8 Å². The van der Waals surface area contributed by atoms with Gasteiger partial charge in [-0.3, -0.25) is 4.57 Å². The molecular weight excluding hydrogens is 292 g/mol. The SMILES string of the molecule is CCNC1CCC2(CC1Sc1n[nH]c(=O)n1C)OCCO2. The predicted molar refractivity (Wildman–Crippen MR) is 79.4 cm³/mol. The molecule has 2 aliphatic rings. The summed E-state index contributed by atoms with van der Waals surface area (Å²) < 4.78 is 13.2. The summed E-state index contributed by atoms with van der Waals surface area (Å²) in [6.07, 6.45) is 2.74. The van der Waals surface area contributed by atoms with Gasteiger partial charge in [-0.05, 0) is 13.0 Å². The first-order chi connectivity index (χ1) is 10.1. The summed E-state index contributed by atoms with van der Waals surface area (Å²) >= 11 is 1.62. The molecular formula is C13H22N4O3S. The van der Waals surface area contributed by atoms with E-state index in [1.54, 1.807) is 23.4 Å². The highest BCUT2D eigenvalue weighted by molar-refractivity contribution is 7.99. The Labute approximate surface area is 127 Å². The van der Waals surface area contributed by atoms with Crippen molar-refractivity contribution in [2.45, 2.75) is 48.4 Å². The van der Waals surface area contributed by atoms with Crippen LogP contribution in [0.15, 0.2) is 9.95 Å². The Morgan fingerprint density at radius 3 is 2.90 bits per heavy atom. The molecule has 0 amide bonds. The van der Waals surface area contributed by atoms with E-state index in [0.29, 0.717) is 24.4 Å². The average molecular weight is 314 g/mol. The molecule has 0 bridgehead atoms. The molecule has 1 aliphatic heterocycles. The zero-order valence-electron chi connectivity index (χ0n) is 12.4. The molecule has 1 aromatic rings. The summed E-state index contributed by atoms with van der Waals surface area (Å²) in [4.78, 5) is 11.5. The van der Waals surface area contributed by atoms with Gasteiger partial charge >= 0.3 is 5.69 Å². The molecule has 1 spiro atoms. The van der Waals surface area contributed by atoms with Gasteiger partial charge in [0.1, 0.15) is 0 Å². The van der Waals surface area contributed by atoms with Crippen molar-refractivity contribution < 1.29 is 9.47 Å². The maximum absolute atomic E-state index is 11.5. The zero-order chi connectivity index (χ0) is 14.9. The molecule has 3 rings (SSSR count). The minimum Gasteiger partial charge on any atom is -0.347 e. The van der Waals surface area contributed by atoms with Crippen LogP contribution < -0.4 is 11.0 Å². The lowest BCUT2D eigenvalue weighted by atomic mass is 9.89. The molecule has 2 fully saturated rings. The van der Waals surface area contributed by atoms with Crippen molar-refractivity contribution in [3.05, 3.63) is 10.5 Å². The second-order valence-corrected chi connectivity index (χ2v) is 6.75. The molecule has 2 N–H and O–H groups in total. The van der Waals surface area contributed by atoms with Gasteiger partial charge in [0.2, 0.25) is 0 Å². The highest BCUT2D eigenvalue weighted by Gasteiger charge is 2.45. The van der Waals surface area contributed by atoms with E-state index in [1.165, 1.54) is 0 Å². The van der Waals surface area contributed by atoms with E-state index < -0.39 is 5.79 Å². The van der Waals surface area contributed by atoms with Gasteiger partial charge in [0.25, 0.3) is 0 Å². The van der Waals surface area contributed by atoms with E-state index in [0.717, 1.165) is 25.8 Å². The first-order valence-electron chi connectivity index (χ1n) is 7.43. The van der Waals surface area contributed by atoms with Gasteiger partial charge in [-0.1, -0.05) is 18.7 Å². The molecule has 0 aromatic carbocycles. The third-order valence-electron chi connectivity index (χ3n) is 4.17. The molecule has 2 unspecified atom stereocenters. The maximum atomic E-state index is 11.5. The fourth-order valence-corrected chi connectivity index (χ4v) is 4.41. The summed E-state index contributed by atoms with van der Waals surface area (Å²) in [5.41, 5.74) is -0.184. The van der Waals surface area contributed by atoms with Crippen LogP contribution in [0.3, 0.4) is 0 Å². The molecule has 1 aliphatic carbocycles. The fourth-order valence-electron chi connectivity index (χ4n) is 3.06. The van der Waals surface area contributed by atoms with Crippen LogP contribution in [0.5, 0.6) is 0 Å². The number of H-pyrrole nitrogens is 1. The Morgan fingerprint density at radius 1 is 1.52 bits per heavy atom. The van der Waals surface area contributed by atoms with Crippen LogP contribution in [-0.2, 0) is 16.5 Å². The van der Waals surface area contributed by atoms with Crippen LogP contribution in [0.4, 0.5) is 0 Å². The normalized spacial score (nSPS) is 28.3. The van der Waals surface area contributed by atoms with Crippen molar-refractivity contribution in [2.75, 3.05) is 19.8 Å². The number of hydrogen-bond donors (Lipinski definition) is 2. The highest BCUT2D eigenvalue weighted by atomic mass is 32.2. The fraction of sp³-hybridized carbons (Fsp3) is 0.846. The number of aromatic amines is 1. The molecule has 1 saturated carbocycles. The Hall–Kier alpha value is -0.830. The number of nitrogens with one attached hydrogen (secondary N) is 2. The number of thioether (sulfide) groups is 1. The van der Waals surface area contributed by atoms with Crippen LogP contribution in [0, 0.1) is 0 Å². The highest BCUT2D eigenvalue weighted by Crippen LogP contribution is 2.41. The third-order valence-corrected chi connectivity index (χ3v) is 5.55. The molecule has 118 valence electrons. The van der Waals surface area contributed by atoms with Crippen molar-refractivity contribution in [3.8, 4) is 0 Å². The summed E-state index contributed by atoms with van der Waals surface area (Å²) in [5.74, 6) is -0.432. The van der Waals surface area contributed by atoms with Gasteiger partial charge < -0.3 is 14.8 Å². The number of ether oxygens (including phenoxy) is 2. The lowest BCUT2D eigenvalue weighted by Gasteiger charge is -2.40. The first-order valence-corrected chi connectivity index (χ1v) is 8.31. The topological polar surface area (TPSA) is 81.2 Å². The quantitative estimate of drug-likeness (QED) is 0.841. The number of aromatic nitrogens is 3. The van der Waals surface area contributed by atoms with Crippen molar-refractivity contribution in [3.63, 3.8) is 0 Å². The van der Waals surface area contributed by atoms with Crippen LogP contribution in [0.2, 0.25) is 0 Å². The Bertz CT molecular complexity index is 538. The largest absolute Gasteiger partial charge is 0.347 e. The van der Waals surface area contributed by atoms with Gasteiger partial charge in [-0.25, -0.2) is 9.89 Å². The van der Waals surface area contributed by atoms with Crippen molar-refractivity contribution >= 4 is 11.8 Å². The van der Waals surface area contributed by atoms with E-state index in [4.69, 9.17) is 9.47 Å². The van der Waals surface area contributed by atoms with Crippen molar-refractivity contribution in [1.29, 1.82) is 0 Å². The molecule has 21 heavy (non-hydrogen) atoms. The number of nitrogens with zero attached hydrogens (tertiary/aromatic N) is 2. The molecule has 1 aromatic heterocycles.